The van der Waals surface area contributed by atoms with Crippen LogP contribution in [0.3, 0.4) is 0 Å². The van der Waals surface area contributed by atoms with Gasteiger partial charge in [0.25, 0.3) is 0 Å². The van der Waals surface area contributed by atoms with Gasteiger partial charge in [0.2, 0.25) is 10.0 Å². The highest BCUT2D eigenvalue weighted by molar-refractivity contribution is 7.89. The first-order valence-electron chi connectivity index (χ1n) is 8.88. The molecule has 0 atom stereocenters. The molecule has 0 aliphatic carbocycles. The third kappa shape index (κ3) is 4.78. The molecule has 0 bridgehead atoms. The third-order valence-corrected chi connectivity index (χ3v) is 6.70. The molecule has 0 aromatic heterocycles. The molecule has 0 radical (unpaired) electrons. The molecule has 3 rings (SSSR count). The van der Waals surface area contributed by atoms with Crippen LogP contribution in [0.2, 0.25) is 0 Å². The molecule has 0 spiro atoms. The first-order valence-corrected chi connectivity index (χ1v) is 10.3. The van der Waals surface area contributed by atoms with Crippen LogP contribution in [0, 0.1) is 24.5 Å². The molecule has 1 aliphatic heterocycles. The third-order valence-electron chi connectivity index (χ3n) is 4.78. The maximum Gasteiger partial charge on any atom is 0.243 e. The van der Waals surface area contributed by atoms with E-state index < -0.39 is 21.7 Å². The number of hydrogen-bond acceptors (Lipinski definition) is 3. The van der Waals surface area contributed by atoms with E-state index in [4.69, 9.17) is 0 Å². The van der Waals surface area contributed by atoms with E-state index in [9.17, 15) is 17.2 Å². The Hall–Kier alpha value is -2.12. The molecule has 1 saturated heterocycles. The lowest BCUT2D eigenvalue weighted by Crippen LogP contribution is -2.39. The highest BCUT2D eigenvalue weighted by Gasteiger charge is 2.29. The van der Waals surface area contributed by atoms with Crippen LogP contribution in [-0.2, 0) is 10.0 Å². The van der Waals surface area contributed by atoms with Crippen molar-refractivity contribution in [2.75, 3.05) is 19.6 Å². The quantitative estimate of drug-likeness (QED) is 0.727. The van der Waals surface area contributed by atoms with Gasteiger partial charge < -0.3 is 0 Å². The fourth-order valence-electron chi connectivity index (χ4n) is 3.11. The largest absolute Gasteiger partial charge is 0.292 e. The molecule has 1 fully saturated rings. The first kappa shape index (κ1) is 19.6. The SMILES string of the molecule is Cc1ccc(S(=O)(=O)N2CCC(CN=Cc3cc(F)ccc3F)CC2)cc1. The number of piperidine rings is 1. The summed E-state index contributed by atoms with van der Waals surface area (Å²) < 4.78 is 53.6. The predicted molar refractivity (Wildman–Crippen MR) is 101 cm³/mol. The summed E-state index contributed by atoms with van der Waals surface area (Å²) in [7, 11) is -3.47. The zero-order valence-corrected chi connectivity index (χ0v) is 15.9. The first-order chi connectivity index (χ1) is 12.9. The van der Waals surface area contributed by atoms with Gasteiger partial charge in [0.1, 0.15) is 11.6 Å². The van der Waals surface area contributed by atoms with Gasteiger partial charge in [0.15, 0.2) is 0 Å². The molecule has 1 heterocycles. The Balaban J connectivity index is 1.56. The van der Waals surface area contributed by atoms with Gasteiger partial charge in [0, 0.05) is 31.4 Å². The molecule has 0 unspecified atom stereocenters. The monoisotopic (exact) mass is 392 g/mol. The van der Waals surface area contributed by atoms with Crippen molar-refractivity contribution in [2.45, 2.75) is 24.7 Å². The number of hydrogen-bond donors (Lipinski definition) is 0. The average Bonchev–Trinajstić information content (AvgIpc) is 2.65. The van der Waals surface area contributed by atoms with E-state index in [-0.39, 0.29) is 11.5 Å². The summed E-state index contributed by atoms with van der Waals surface area (Å²) in [5.41, 5.74) is 1.13. The fourth-order valence-corrected chi connectivity index (χ4v) is 4.57. The van der Waals surface area contributed by atoms with Crippen LogP contribution in [0.25, 0.3) is 0 Å². The van der Waals surface area contributed by atoms with Crippen LogP contribution in [0.5, 0.6) is 0 Å². The number of benzene rings is 2. The fraction of sp³-hybridized carbons (Fsp3) is 0.350. The second kappa shape index (κ2) is 8.27. The average molecular weight is 392 g/mol. The van der Waals surface area contributed by atoms with Gasteiger partial charge in [-0.05, 0) is 56.0 Å². The highest BCUT2D eigenvalue weighted by Crippen LogP contribution is 2.24. The summed E-state index contributed by atoms with van der Waals surface area (Å²) in [5, 5.41) is 0. The lowest BCUT2D eigenvalue weighted by Gasteiger charge is -2.30. The Bertz CT molecular complexity index is 919. The summed E-state index contributed by atoms with van der Waals surface area (Å²) in [4.78, 5) is 4.53. The van der Waals surface area contributed by atoms with E-state index in [1.807, 2.05) is 6.92 Å². The van der Waals surface area contributed by atoms with E-state index in [0.29, 0.717) is 37.4 Å². The van der Waals surface area contributed by atoms with Gasteiger partial charge >= 0.3 is 0 Å². The van der Waals surface area contributed by atoms with Gasteiger partial charge in [0.05, 0.1) is 4.90 Å². The number of nitrogens with zero attached hydrogens (tertiary/aromatic N) is 2. The molecule has 7 heteroatoms. The Labute approximate surface area is 158 Å². The van der Waals surface area contributed by atoms with Crippen molar-refractivity contribution in [1.82, 2.24) is 4.31 Å². The van der Waals surface area contributed by atoms with Gasteiger partial charge in [-0.15, -0.1) is 0 Å². The van der Waals surface area contributed by atoms with Gasteiger partial charge in [-0.1, -0.05) is 17.7 Å². The van der Waals surface area contributed by atoms with E-state index in [0.717, 1.165) is 23.8 Å². The molecule has 4 nitrogen and oxygen atoms in total. The van der Waals surface area contributed by atoms with Crippen molar-refractivity contribution in [1.29, 1.82) is 0 Å². The molecule has 0 saturated carbocycles. The van der Waals surface area contributed by atoms with Crippen molar-refractivity contribution in [2.24, 2.45) is 10.9 Å². The summed E-state index contributed by atoms with van der Waals surface area (Å²) in [5.74, 6) is -0.797. The minimum absolute atomic E-state index is 0.120. The molecule has 2 aromatic carbocycles. The van der Waals surface area contributed by atoms with Crippen molar-refractivity contribution in [3.05, 3.63) is 65.2 Å². The van der Waals surface area contributed by atoms with Gasteiger partial charge in [-0.25, -0.2) is 17.2 Å². The number of sulfonamides is 1. The molecule has 2 aromatic rings. The zero-order valence-electron chi connectivity index (χ0n) is 15.1. The summed E-state index contributed by atoms with van der Waals surface area (Å²) in [6, 6.07) is 10.1. The molecule has 1 aliphatic rings. The Kier molecular flexibility index (Phi) is 6.01. The Morgan fingerprint density at radius 1 is 1.11 bits per heavy atom. The number of halogens is 2. The van der Waals surface area contributed by atoms with E-state index in [1.54, 1.807) is 24.3 Å². The number of rotatable bonds is 5. The maximum atomic E-state index is 13.6. The molecule has 27 heavy (non-hydrogen) atoms. The van der Waals surface area contributed by atoms with E-state index >= 15 is 0 Å². The second-order valence-corrected chi connectivity index (χ2v) is 8.76. The Morgan fingerprint density at radius 3 is 2.44 bits per heavy atom. The minimum Gasteiger partial charge on any atom is -0.292 e. The van der Waals surface area contributed by atoms with Crippen molar-refractivity contribution in [3.63, 3.8) is 0 Å². The number of aliphatic imine (C=N–C) groups is 1. The normalized spacial score (nSPS) is 16.9. The molecule has 0 amide bonds. The smallest absolute Gasteiger partial charge is 0.243 e. The van der Waals surface area contributed by atoms with Crippen molar-refractivity contribution >= 4 is 16.2 Å². The highest BCUT2D eigenvalue weighted by atomic mass is 32.2. The molecular weight excluding hydrogens is 370 g/mol. The van der Waals surface area contributed by atoms with Crippen LogP contribution < -0.4 is 0 Å². The lowest BCUT2D eigenvalue weighted by atomic mass is 9.98. The predicted octanol–water partition coefficient (Wildman–Crippen LogP) is 3.79. The number of aryl methyl sites for hydroxylation is 1. The molecule has 144 valence electrons. The maximum absolute atomic E-state index is 13.6. The standard InChI is InChI=1S/C20H22F2N2O2S/c1-15-2-5-19(6-3-15)27(25,26)24-10-8-16(9-11-24)13-23-14-17-12-18(21)4-7-20(17)22/h2-7,12,14,16H,8-11,13H2,1H3. The zero-order chi connectivity index (χ0) is 19.4. The van der Waals surface area contributed by atoms with Crippen LogP contribution in [0.15, 0.2) is 52.4 Å². The van der Waals surface area contributed by atoms with Crippen LogP contribution in [0.1, 0.15) is 24.0 Å². The van der Waals surface area contributed by atoms with Crippen LogP contribution in [-0.4, -0.2) is 38.6 Å². The second-order valence-electron chi connectivity index (χ2n) is 6.82. The van der Waals surface area contributed by atoms with Gasteiger partial charge in [-0.2, -0.15) is 4.31 Å². The minimum atomic E-state index is -3.47. The summed E-state index contributed by atoms with van der Waals surface area (Å²) >= 11 is 0. The van der Waals surface area contributed by atoms with Crippen molar-refractivity contribution < 1.29 is 17.2 Å². The topological polar surface area (TPSA) is 49.7 Å². The van der Waals surface area contributed by atoms with Gasteiger partial charge in [-0.3, -0.25) is 4.99 Å². The lowest BCUT2D eigenvalue weighted by molar-refractivity contribution is 0.279. The summed E-state index contributed by atoms with van der Waals surface area (Å²) in [6.45, 7) is 3.25. The van der Waals surface area contributed by atoms with Crippen molar-refractivity contribution in [3.8, 4) is 0 Å². The Morgan fingerprint density at radius 2 is 1.78 bits per heavy atom. The van der Waals surface area contributed by atoms with E-state index in [1.165, 1.54) is 10.5 Å². The molecule has 0 N–H and O–H groups in total. The van der Waals surface area contributed by atoms with E-state index in [2.05, 4.69) is 4.99 Å². The van der Waals surface area contributed by atoms with Crippen LogP contribution >= 0.6 is 0 Å². The molecular formula is C20H22F2N2O2S. The van der Waals surface area contributed by atoms with Crippen LogP contribution in [0.4, 0.5) is 8.78 Å². The summed E-state index contributed by atoms with van der Waals surface area (Å²) in [6.07, 6.45) is 2.72.